The largest absolute Gasteiger partial charge is 0.461 e. The third kappa shape index (κ3) is 15.8. The average Bonchev–Trinajstić information content (AvgIpc) is 2.85. The summed E-state index contributed by atoms with van der Waals surface area (Å²) in [6.45, 7) is 14.4. The Hall–Kier alpha value is -2.98. The predicted octanol–water partition coefficient (Wildman–Crippen LogP) is 7.71. The first-order chi connectivity index (χ1) is 16.3. The SMILES string of the molecule is CCC.CCC.CCc1ccc2cc(COC(C)=O)ccc2c1.CO.Cc1ccc(C=O)cc1. The van der Waals surface area contributed by atoms with Crippen LogP contribution in [0.25, 0.3) is 10.8 Å². The van der Waals surface area contributed by atoms with Crippen molar-refractivity contribution in [3.63, 3.8) is 0 Å². The van der Waals surface area contributed by atoms with Crippen LogP contribution in [0.4, 0.5) is 0 Å². The molecule has 3 rings (SSSR count). The van der Waals surface area contributed by atoms with Crippen LogP contribution in [0.5, 0.6) is 0 Å². The lowest BCUT2D eigenvalue weighted by Gasteiger charge is -2.05. The Bertz CT molecular complexity index is 913. The number of aryl methyl sites for hydroxylation is 2. The third-order valence-corrected chi connectivity index (χ3v) is 4.03. The molecule has 4 nitrogen and oxygen atoms in total. The fraction of sp³-hybridized carbons (Fsp3) is 0.400. The fourth-order valence-electron chi connectivity index (χ4n) is 2.48. The molecule has 0 aliphatic carbocycles. The number of ether oxygens (including phenoxy) is 1. The molecule has 0 bridgehead atoms. The van der Waals surface area contributed by atoms with Crippen LogP contribution < -0.4 is 0 Å². The number of carbonyl (C=O) groups excluding carboxylic acids is 2. The highest BCUT2D eigenvalue weighted by molar-refractivity contribution is 5.83. The standard InChI is InChI=1S/C15H16O2.C8H8O.2C3H8.CH4O/c1-3-12-4-6-15-9-13(10-17-11(2)16)5-7-14(15)8-12;1-7-2-4-8(6-9)5-3-7;2*1-3-2;1-2/h4-9H,3,10H2,1-2H3;2-6H,1H3;2*3H2,1-2H3;2H,1H3. The number of hydrogen-bond donors (Lipinski definition) is 1. The Kier molecular flexibility index (Phi) is 21.3. The molecule has 0 aromatic heterocycles. The minimum Gasteiger partial charge on any atom is -0.461 e. The van der Waals surface area contributed by atoms with Gasteiger partial charge in [-0.2, -0.15) is 0 Å². The van der Waals surface area contributed by atoms with E-state index in [1.165, 1.54) is 41.7 Å². The summed E-state index contributed by atoms with van der Waals surface area (Å²) in [4.78, 5) is 20.9. The van der Waals surface area contributed by atoms with Gasteiger partial charge < -0.3 is 9.84 Å². The number of rotatable bonds is 4. The summed E-state index contributed by atoms with van der Waals surface area (Å²) in [5.41, 5.74) is 4.28. The van der Waals surface area contributed by atoms with Crippen molar-refractivity contribution in [1.82, 2.24) is 0 Å². The molecule has 1 N–H and O–H groups in total. The van der Waals surface area contributed by atoms with Gasteiger partial charge in [0.2, 0.25) is 0 Å². The summed E-state index contributed by atoms with van der Waals surface area (Å²) in [6, 6.07) is 20.1. The van der Waals surface area contributed by atoms with Gasteiger partial charge in [0.1, 0.15) is 12.9 Å². The number of aldehydes is 1. The van der Waals surface area contributed by atoms with Crippen LogP contribution in [0.3, 0.4) is 0 Å². The lowest BCUT2D eigenvalue weighted by molar-refractivity contribution is -0.142. The molecule has 0 heterocycles. The second kappa shape index (κ2) is 21.8. The molecule has 0 aliphatic heterocycles. The molecule has 0 saturated carbocycles. The van der Waals surface area contributed by atoms with E-state index < -0.39 is 0 Å². The highest BCUT2D eigenvalue weighted by Crippen LogP contribution is 2.18. The number of aliphatic hydroxyl groups is 1. The third-order valence-electron chi connectivity index (χ3n) is 4.03. The van der Waals surface area contributed by atoms with E-state index in [0.29, 0.717) is 6.61 Å². The van der Waals surface area contributed by atoms with Crippen LogP contribution in [0.2, 0.25) is 0 Å². The Morgan fingerprint density at radius 1 is 0.794 bits per heavy atom. The number of hydrogen-bond acceptors (Lipinski definition) is 4. The van der Waals surface area contributed by atoms with Crippen molar-refractivity contribution in [3.05, 3.63) is 82.9 Å². The molecule has 0 amide bonds. The van der Waals surface area contributed by atoms with E-state index in [4.69, 9.17) is 9.84 Å². The number of carbonyl (C=O) groups is 2. The second-order valence-electron chi connectivity index (χ2n) is 7.59. The summed E-state index contributed by atoms with van der Waals surface area (Å²) >= 11 is 0. The number of fused-ring (bicyclic) bond motifs is 1. The van der Waals surface area contributed by atoms with Crippen molar-refractivity contribution in [2.45, 2.75) is 74.3 Å². The Morgan fingerprint density at radius 3 is 1.65 bits per heavy atom. The molecule has 3 aromatic rings. The zero-order chi connectivity index (χ0) is 26.4. The summed E-state index contributed by atoms with van der Waals surface area (Å²) in [5, 5.41) is 9.42. The van der Waals surface area contributed by atoms with Gasteiger partial charge in [-0.1, -0.05) is 108 Å². The second-order valence-corrected chi connectivity index (χ2v) is 7.59. The van der Waals surface area contributed by atoms with Gasteiger partial charge in [0.25, 0.3) is 0 Å². The van der Waals surface area contributed by atoms with Gasteiger partial charge in [0.05, 0.1) is 0 Å². The monoisotopic (exact) mass is 468 g/mol. The first-order valence-electron chi connectivity index (χ1n) is 12.0. The summed E-state index contributed by atoms with van der Waals surface area (Å²) in [6.07, 6.45) is 4.39. The molecule has 0 atom stereocenters. The first-order valence-corrected chi connectivity index (χ1v) is 12.0. The van der Waals surface area contributed by atoms with Gasteiger partial charge in [0.15, 0.2) is 0 Å². The van der Waals surface area contributed by atoms with Crippen LogP contribution in [-0.4, -0.2) is 24.5 Å². The first kappa shape index (κ1) is 33.2. The molecule has 0 spiro atoms. The maximum Gasteiger partial charge on any atom is 0.302 e. The highest BCUT2D eigenvalue weighted by atomic mass is 16.5. The molecule has 34 heavy (non-hydrogen) atoms. The van der Waals surface area contributed by atoms with E-state index in [9.17, 15) is 9.59 Å². The van der Waals surface area contributed by atoms with Gasteiger partial charge >= 0.3 is 5.97 Å². The van der Waals surface area contributed by atoms with Crippen molar-refractivity contribution in [3.8, 4) is 0 Å². The minimum atomic E-state index is -0.244. The smallest absolute Gasteiger partial charge is 0.302 e. The molecule has 0 unspecified atom stereocenters. The van der Waals surface area contributed by atoms with Gasteiger partial charge in [-0.25, -0.2) is 0 Å². The zero-order valence-corrected chi connectivity index (χ0v) is 22.4. The number of esters is 1. The van der Waals surface area contributed by atoms with Crippen LogP contribution >= 0.6 is 0 Å². The van der Waals surface area contributed by atoms with E-state index in [1.54, 1.807) is 0 Å². The number of benzene rings is 3. The van der Waals surface area contributed by atoms with Gasteiger partial charge in [-0.3, -0.25) is 9.59 Å². The van der Waals surface area contributed by atoms with E-state index in [-0.39, 0.29) is 5.97 Å². The van der Waals surface area contributed by atoms with E-state index in [1.807, 2.05) is 37.3 Å². The molecule has 0 aliphatic rings. The maximum absolute atomic E-state index is 10.7. The van der Waals surface area contributed by atoms with Crippen molar-refractivity contribution in [2.24, 2.45) is 0 Å². The van der Waals surface area contributed by atoms with Crippen LogP contribution in [-0.2, 0) is 22.6 Å². The molecule has 0 saturated heterocycles. The summed E-state index contributed by atoms with van der Waals surface area (Å²) in [5.74, 6) is -0.244. The Balaban J connectivity index is 0. The molecule has 4 heteroatoms. The zero-order valence-electron chi connectivity index (χ0n) is 22.4. The average molecular weight is 469 g/mol. The van der Waals surface area contributed by atoms with Gasteiger partial charge in [0, 0.05) is 19.6 Å². The van der Waals surface area contributed by atoms with E-state index in [0.717, 1.165) is 30.9 Å². The quantitative estimate of drug-likeness (QED) is 0.314. The fourth-order valence-corrected chi connectivity index (χ4v) is 2.48. The van der Waals surface area contributed by atoms with E-state index >= 15 is 0 Å². The molecule has 0 radical (unpaired) electrons. The van der Waals surface area contributed by atoms with Crippen molar-refractivity contribution >= 4 is 23.0 Å². The lowest BCUT2D eigenvalue weighted by Crippen LogP contribution is -1.98. The van der Waals surface area contributed by atoms with Crippen molar-refractivity contribution in [1.29, 1.82) is 0 Å². The topological polar surface area (TPSA) is 63.6 Å². The Labute approximate surface area is 207 Å². The highest BCUT2D eigenvalue weighted by Gasteiger charge is 2.00. The summed E-state index contributed by atoms with van der Waals surface area (Å²) < 4.78 is 4.98. The van der Waals surface area contributed by atoms with Crippen molar-refractivity contribution in [2.75, 3.05) is 7.11 Å². The van der Waals surface area contributed by atoms with Crippen LogP contribution in [0.15, 0.2) is 60.7 Å². The van der Waals surface area contributed by atoms with Crippen molar-refractivity contribution < 1.29 is 19.4 Å². The molecular weight excluding hydrogens is 424 g/mol. The van der Waals surface area contributed by atoms with Crippen LogP contribution in [0.1, 0.15) is 81.4 Å². The van der Waals surface area contributed by atoms with Gasteiger partial charge in [-0.05, 0) is 41.3 Å². The molecule has 188 valence electrons. The predicted molar refractivity (Wildman–Crippen MR) is 145 cm³/mol. The molecular formula is C30H44O4. The van der Waals surface area contributed by atoms with E-state index in [2.05, 4.69) is 65.0 Å². The summed E-state index contributed by atoms with van der Waals surface area (Å²) in [7, 11) is 1.00. The lowest BCUT2D eigenvalue weighted by atomic mass is 10.0. The maximum atomic E-state index is 10.7. The molecule has 3 aromatic carbocycles. The minimum absolute atomic E-state index is 0.244. The molecule has 0 fully saturated rings. The van der Waals surface area contributed by atoms with Crippen LogP contribution in [0, 0.1) is 6.92 Å². The Morgan fingerprint density at radius 2 is 1.24 bits per heavy atom. The normalized spacial score (nSPS) is 8.85. The van der Waals surface area contributed by atoms with Gasteiger partial charge in [-0.15, -0.1) is 0 Å². The number of aliphatic hydroxyl groups excluding tert-OH is 1.